The molecular formula is C5H10N4O2. The van der Waals surface area contributed by atoms with Crippen LogP contribution in [0.5, 0.6) is 0 Å². The van der Waals surface area contributed by atoms with Crippen molar-refractivity contribution in [1.82, 2.24) is 14.0 Å². The molecule has 1 rings (SSSR count). The van der Waals surface area contributed by atoms with Gasteiger partial charge in [-0.1, -0.05) is 0 Å². The summed E-state index contributed by atoms with van der Waals surface area (Å²) in [6, 6.07) is 0. The zero-order valence-corrected chi connectivity index (χ0v) is 6.66. The molecule has 62 valence electrons. The monoisotopic (exact) mass is 158 g/mol. The maximum atomic E-state index is 11.1. The molecule has 1 heterocycles. The van der Waals surface area contributed by atoms with Crippen LogP contribution in [0.3, 0.4) is 0 Å². The summed E-state index contributed by atoms with van der Waals surface area (Å²) in [6.07, 6.45) is 0. The number of rotatable bonds is 1. The lowest BCUT2D eigenvalue weighted by molar-refractivity contribution is 0.565. The third-order valence-electron chi connectivity index (χ3n) is 1.61. The SMILES string of the molecule is CNn1c(=O)n(C)n(C)c1=O. The Kier molecular flexibility index (Phi) is 1.60. The second-order valence-electron chi connectivity index (χ2n) is 2.17. The van der Waals surface area contributed by atoms with Gasteiger partial charge in [0.05, 0.1) is 0 Å². The summed E-state index contributed by atoms with van der Waals surface area (Å²) in [6.45, 7) is 0. The summed E-state index contributed by atoms with van der Waals surface area (Å²) in [7, 11) is 4.57. The van der Waals surface area contributed by atoms with Crippen molar-refractivity contribution in [2.75, 3.05) is 12.5 Å². The van der Waals surface area contributed by atoms with Gasteiger partial charge in [-0.05, 0) is 0 Å². The molecule has 0 aliphatic carbocycles. The molecule has 0 amide bonds. The van der Waals surface area contributed by atoms with Crippen molar-refractivity contribution in [2.24, 2.45) is 14.1 Å². The summed E-state index contributed by atoms with van der Waals surface area (Å²) >= 11 is 0. The Labute approximate surface area is 62.6 Å². The first kappa shape index (κ1) is 7.64. The number of nitrogens with one attached hydrogen (secondary N) is 1. The van der Waals surface area contributed by atoms with Gasteiger partial charge in [0.15, 0.2) is 0 Å². The van der Waals surface area contributed by atoms with Crippen LogP contribution < -0.4 is 16.8 Å². The molecule has 6 nitrogen and oxygen atoms in total. The van der Waals surface area contributed by atoms with Crippen LogP contribution >= 0.6 is 0 Å². The lowest BCUT2D eigenvalue weighted by Crippen LogP contribution is -2.34. The first-order valence-corrected chi connectivity index (χ1v) is 3.12. The van der Waals surface area contributed by atoms with Crippen LogP contribution in [0, 0.1) is 0 Å². The molecule has 0 atom stereocenters. The number of hydrogen-bond donors (Lipinski definition) is 1. The van der Waals surface area contributed by atoms with E-state index in [0.717, 1.165) is 4.68 Å². The minimum Gasteiger partial charge on any atom is -0.320 e. The highest BCUT2D eigenvalue weighted by Gasteiger charge is 2.06. The van der Waals surface area contributed by atoms with E-state index in [-0.39, 0.29) is 11.4 Å². The Bertz CT molecular complexity index is 335. The van der Waals surface area contributed by atoms with Crippen molar-refractivity contribution in [3.8, 4) is 0 Å². The molecule has 0 aliphatic heterocycles. The van der Waals surface area contributed by atoms with E-state index in [0.29, 0.717) is 0 Å². The first-order chi connectivity index (χ1) is 5.09. The van der Waals surface area contributed by atoms with Gasteiger partial charge < -0.3 is 5.43 Å². The number of aromatic nitrogens is 3. The largest absolute Gasteiger partial charge is 0.365 e. The van der Waals surface area contributed by atoms with Crippen molar-refractivity contribution in [2.45, 2.75) is 0 Å². The number of hydrogen-bond acceptors (Lipinski definition) is 3. The van der Waals surface area contributed by atoms with Gasteiger partial charge in [0, 0.05) is 21.1 Å². The van der Waals surface area contributed by atoms with Crippen LogP contribution in [0.2, 0.25) is 0 Å². The highest BCUT2D eigenvalue weighted by molar-refractivity contribution is 4.74. The highest BCUT2D eigenvalue weighted by atomic mass is 16.2. The predicted molar refractivity (Wildman–Crippen MR) is 40.2 cm³/mol. The molecule has 0 aromatic carbocycles. The molecule has 0 unspecified atom stereocenters. The van der Waals surface area contributed by atoms with Gasteiger partial charge in [-0.15, -0.1) is 0 Å². The Balaban J connectivity index is 3.63. The third-order valence-corrected chi connectivity index (χ3v) is 1.61. The van der Waals surface area contributed by atoms with E-state index in [1.54, 1.807) is 0 Å². The second-order valence-corrected chi connectivity index (χ2v) is 2.17. The molecule has 0 bridgehead atoms. The van der Waals surface area contributed by atoms with E-state index >= 15 is 0 Å². The van der Waals surface area contributed by atoms with Gasteiger partial charge in [0.2, 0.25) is 0 Å². The van der Waals surface area contributed by atoms with Crippen LogP contribution in [0.4, 0.5) is 0 Å². The first-order valence-electron chi connectivity index (χ1n) is 3.12. The van der Waals surface area contributed by atoms with Gasteiger partial charge in [-0.3, -0.25) is 0 Å². The molecule has 6 heteroatoms. The fraction of sp³-hybridized carbons (Fsp3) is 0.600. The fourth-order valence-corrected chi connectivity index (χ4v) is 0.819. The Morgan fingerprint density at radius 2 is 1.45 bits per heavy atom. The standard InChI is InChI=1S/C5H10N4O2/c1-6-9-4(10)7(2)8(3)5(9)11/h6H,1-3H3. The quantitative estimate of drug-likeness (QED) is 0.517. The minimum absolute atomic E-state index is 0.375. The number of nitrogens with zero attached hydrogens (tertiary/aromatic N) is 3. The lowest BCUT2D eigenvalue weighted by Gasteiger charge is -1.91. The third kappa shape index (κ3) is 0.866. The van der Waals surface area contributed by atoms with Crippen LogP contribution in [0.25, 0.3) is 0 Å². The Morgan fingerprint density at radius 3 is 1.64 bits per heavy atom. The summed E-state index contributed by atoms with van der Waals surface area (Å²) in [5.41, 5.74) is 1.73. The molecule has 11 heavy (non-hydrogen) atoms. The van der Waals surface area contributed by atoms with Crippen LogP contribution in [0.15, 0.2) is 9.59 Å². The van der Waals surface area contributed by atoms with Crippen molar-refractivity contribution < 1.29 is 0 Å². The fourth-order valence-electron chi connectivity index (χ4n) is 0.819. The van der Waals surface area contributed by atoms with Crippen molar-refractivity contribution in [1.29, 1.82) is 0 Å². The second kappa shape index (κ2) is 2.30. The molecule has 1 aromatic rings. The molecule has 0 saturated carbocycles. The summed E-state index contributed by atoms with van der Waals surface area (Å²) < 4.78 is 3.37. The van der Waals surface area contributed by atoms with E-state index in [2.05, 4.69) is 5.43 Å². The van der Waals surface area contributed by atoms with Crippen molar-refractivity contribution >= 4 is 0 Å². The summed E-state index contributed by atoms with van der Waals surface area (Å²) in [4.78, 5) is 22.2. The summed E-state index contributed by atoms with van der Waals surface area (Å²) in [5, 5.41) is 0. The highest BCUT2D eigenvalue weighted by Crippen LogP contribution is 1.65. The normalized spacial score (nSPS) is 10.1. The molecule has 0 radical (unpaired) electrons. The predicted octanol–water partition coefficient (Wildman–Crippen LogP) is -1.94. The van der Waals surface area contributed by atoms with E-state index < -0.39 is 0 Å². The molecular weight excluding hydrogens is 148 g/mol. The van der Waals surface area contributed by atoms with Crippen LogP contribution in [0.1, 0.15) is 0 Å². The van der Waals surface area contributed by atoms with Crippen molar-refractivity contribution in [3.05, 3.63) is 21.0 Å². The van der Waals surface area contributed by atoms with E-state index in [4.69, 9.17) is 0 Å². The van der Waals surface area contributed by atoms with Crippen LogP contribution in [-0.2, 0) is 14.1 Å². The molecule has 0 spiro atoms. The smallest absolute Gasteiger partial charge is 0.320 e. The molecule has 1 N–H and O–H groups in total. The molecule has 0 saturated heterocycles. The van der Waals surface area contributed by atoms with E-state index in [1.165, 1.54) is 30.5 Å². The van der Waals surface area contributed by atoms with Gasteiger partial charge >= 0.3 is 11.4 Å². The Hall–Kier alpha value is -1.46. The topological polar surface area (TPSA) is 61.0 Å². The van der Waals surface area contributed by atoms with E-state index in [1.807, 2.05) is 0 Å². The average molecular weight is 158 g/mol. The van der Waals surface area contributed by atoms with Gasteiger partial charge in [0.25, 0.3) is 0 Å². The molecule has 0 aliphatic rings. The molecule has 1 aromatic heterocycles. The molecule has 0 fully saturated rings. The van der Waals surface area contributed by atoms with E-state index in [9.17, 15) is 9.59 Å². The summed E-state index contributed by atoms with van der Waals surface area (Å²) in [5.74, 6) is 0. The maximum absolute atomic E-state index is 11.1. The Morgan fingerprint density at radius 1 is 1.09 bits per heavy atom. The van der Waals surface area contributed by atoms with Crippen LogP contribution in [-0.4, -0.2) is 21.1 Å². The zero-order valence-electron chi connectivity index (χ0n) is 6.66. The van der Waals surface area contributed by atoms with Gasteiger partial charge in [0.1, 0.15) is 0 Å². The van der Waals surface area contributed by atoms with Crippen molar-refractivity contribution in [3.63, 3.8) is 0 Å². The van der Waals surface area contributed by atoms with Gasteiger partial charge in [-0.25, -0.2) is 19.0 Å². The lowest BCUT2D eigenvalue weighted by atomic mass is 11.1. The average Bonchev–Trinajstić information content (AvgIpc) is 2.17. The van der Waals surface area contributed by atoms with Gasteiger partial charge in [-0.2, -0.15) is 4.68 Å². The minimum atomic E-state index is -0.375. The zero-order chi connectivity index (χ0) is 8.59. The maximum Gasteiger partial charge on any atom is 0.365 e.